The van der Waals surface area contributed by atoms with Crippen LogP contribution in [0.1, 0.15) is 36.9 Å². The number of benzene rings is 1. The quantitative estimate of drug-likeness (QED) is 0.914. The van der Waals surface area contributed by atoms with Gasteiger partial charge in [0.05, 0.1) is 0 Å². The third kappa shape index (κ3) is 3.45. The molecule has 1 heterocycles. The molecule has 0 bridgehead atoms. The van der Waals surface area contributed by atoms with E-state index in [4.69, 9.17) is 10.5 Å². The molecule has 0 aliphatic carbocycles. The van der Waals surface area contributed by atoms with Crippen molar-refractivity contribution in [3.8, 4) is 5.75 Å². The molecule has 1 atom stereocenters. The molecule has 0 radical (unpaired) electrons. The van der Waals surface area contributed by atoms with Crippen LogP contribution in [0.4, 0.5) is 4.39 Å². The molecule has 2 N–H and O–H groups in total. The Labute approximate surface area is 114 Å². The van der Waals surface area contributed by atoms with Gasteiger partial charge in [-0.25, -0.2) is 4.39 Å². The van der Waals surface area contributed by atoms with Crippen molar-refractivity contribution in [2.45, 2.75) is 38.8 Å². The predicted octanol–water partition coefficient (Wildman–Crippen LogP) is 2.63. The number of hydrogen-bond donors (Lipinski definition) is 1. The van der Waals surface area contributed by atoms with E-state index in [9.17, 15) is 4.39 Å². The molecule has 0 unspecified atom stereocenters. The number of nitrogens with two attached hydrogens (primary N) is 1. The van der Waals surface area contributed by atoms with Crippen LogP contribution in [0.25, 0.3) is 0 Å². The molecule has 0 amide bonds. The zero-order chi connectivity index (χ0) is 14.0. The van der Waals surface area contributed by atoms with Crippen molar-refractivity contribution in [3.63, 3.8) is 0 Å². The summed E-state index contributed by atoms with van der Waals surface area (Å²) in [5.74, 6) is 0.520. The number of ether oxygens (including phenoxy) is 1. The highest BCUT2D eigenvalue weighted by Crippen LogP contribution is 2.29. The van der Waals surface area contributed by atoms with Crippen LogP contribution in [0.5, 0.6) is 5.75 Å². The van der Waals surface area contributed by atoms with Crippen molar-refractivity contribution in [2.24, 2.45) is 5.73 Å². The highest BCUT2D eigenvalue weighted by atomic mass is 19.1. The normalized spacial score (nSPS) is 19.4. The van der Waals surface area contributed by atoms with E-state index in [-0.39, 0.29) is 18.0 Å². The van der Waals surface area contributed by atoms with Gasteiger partial charge in [-0.2, -0.15) is 0 Å². The molecule has 1 saturated heterocycles. The molecule has 0 aromatic heterocycles. The van der Waals surface area contributed by atoms with Crippen LogP contribution in [0.15, 0.2) is 12.1 Å². The van der Waals surface area contributed by atoms with Crippen LogP contribution in [0.3, 0.4) is 0 Å². The fourth-order valence-electron chi connectivity index (χ4n) is 2.41. The number of halogens is 1. The lowest BCUT2D eigenvalue weighted by Gasteiger charge is -2.30. The number of piperidine rings is 1. The fraction of sp³-hybridized carbons (Fsp3) is 0.600. The van der Waals surface area contributed by atoms with E-state index in [1.807, 2.05) is 6.92 Å². The Balaban J connectivity index is 2.17. The number of rotatable bonds is 3. The average molecular weight is 266 g/mol. The summed E-state index contributed by atoms with van der Waals surface area (Å²) in [5, 5.41) is 0. The predicted molar refractivity (Wildman–Crippen MR) is 74.9 cm³/mol. The lowest BCUT2D eigenvalue weighted by atomic mass is 10.0. The van der Waals surface area contributed by atoms with Crippen molar-refractivity contribution in [2.75, 3.05) is 20.1 Å². The highest BCUT2D eigenvalue weighted by molar-refractivity contribution is 5.40. The lowest BCUT2D eigenvalue weighted by Crippen LogP contribution is -2.35. The molecule has 4 heteroatoms. The first-order valence-corrected chi connectivity index (χ1v) is 6.88. The molecule has 106 valence electrons. The first-order chi connectivity index (χ1) is 8.97. The van der Waals surface area contributed by atoms with Gasteiger partial charge in [0.25, 0.3) is 0 Å². The molecule has 0 saturated carbocycles. The van der Waals surface area contributed by atoms with Gasteiger partial charge < -0.3 is 15.4 Å². The second-order valence-corrected chi connectivity index (χ2v) is 5.55. The van der Waals surface area contributed by atoms with Crippen molar-refractivity contribution >= 4 is 0 Å². The molecule has 3 nitrogen and oxygen atoms in total. The van der Waals surface area contributed by atoms with E-state index in [2.05, 4.69) is 11.9 Å². The smallest absolute Gasteiger partial charge is 0.126 e. The molecular formula is C15H23FN2O. The highest BCUT2D eigenvalue weighted by Gasteiger charge is 2.20. The number of nitrogens with zero attached hydrogens (tertiary/aromatic N) is 1. The van der Waals surface area contributed by atoms with E-state index in [1.54, 1.807) is 13.0 Å². The summed E-state index contributed by atoms with van der Waals surface area (Å²) < 4.78 is 19.7. The standard InChI is InChI=1S/C15H23FN2O/c1-10-8-15(13(11(2)17)9-14(10)16)19-12-4-6-18(3)7-5-12/h8-9,11-12H,4-7,17H2,1-3H3/t11-/m0/s1. The summed E-state index contributed by atoms with van der Waals surface area (Å²) in [4.78, 5) is 2.29. The Bertz CT molecular complexity index is 440. The Morgan fingerprint density at radius 2 is 2.00 bits per heavy atom. The van der Waals surface area contributed by atoms with Gasteiger partial charge in [-0.15, -0.1) is 0 Å². The fourth-order valence-corrected chi connectivity index (χ4v) is 2.41. The summed E-state index contributed by atoms with van der Waals surface area (Å²) in [7, 11) is 2.12. The molecule has 1 aliphatic heterocycles. The van der Waals surface area contributed by atoms with Crippen molar-refractivity contribution < 1.29 is 9.13 Å². The van der Waals surface area contributed by atoms with E-state index in [0.29, 0.717) is 5.56 Å². The zero-order valence-electron chi connectivity index (χ0n) is 11.9. The minimum atomic E-state index is -0.226. The van der Waals surface area contributed by atoms with Gasteiger partial charge in [0.15, 0.2) is 0 Å². The van der Waals surface area contributed by atoms with Gasteiger partial charge in [0, 0.05) is 24.7 Å². The molecule has 1 aromatic carbocycles. The van der Waals surface area contributed by atoms with Crippen LogP contribution in [0.2, 0.25) is 0 Å². The minimum absolute atomic E-state index is 0.207. The van der Waals surface area contributed by atoms with E-state index in [0.717, 1.165) is 37.2 Å². The van der Waals surface area contributed by atoms with Crippen LogP contribution in [-0.2, 0) is 0 Å². The van der Waals surface area contributed by atoms with Gasteiger partial charge in [0.2, 0.25) is 0 Å². The Morgan fingerprint density at radius 3 is 2.58 bits per heavy atom. The monoisotopic (exact) mass is 266 g/mol. The molecule has 19 heavy (non-hydrogen) atoms. The van der Waals surface area contributed by atoms with E-state index in [1.165, 1.54) is 6.07 Å². The molecule has 0 spiro atoms. The summed E-state index contributed by atoms with van der Waals surface area (Å²) >= 11 is 0. The second-order valence-electron chi connectivity index (χ2n) is 5.55. The zero-order valence-corrected chi connectivity index (χ0v) is 11.9. The summed E-state index contributed by atoms with van der Waals surface area (Å²) in [6.45, 7) is 5.68. The largest absolute Gasteiger partial charge is 0.490 e. The van der Waals surface area contributed by atoms with E-state index < -0.39 is 0 Å². The minimum Gasteiger partial charge on any atom is -0.490 e. The van der Waals surface area contributed by atoms with Crippen LogP contribution in [-0.4, -0.2) is 31.1 Å². The number of aryl methyl sites for hydroxylation is 1. The van der Waals surface area contributed by atoms with E-state index >= 15 is 0 Å². The van der Waals surface area contributed by atoms with Gasteiger partial charge in [-0.1, -0.05) is 0 Å². The first-order valence-electron chi connectivity index (χ1n) is 6.88. The van der Waals surface area contributed by atoms with Gasteiger partial charge in [-0.3, -0.25) is 0 Å². The second kappa shape index (κ2) is 5.88. The van der Waals surface area contributed by atoms with Gasteiger partial charge in [-0.05, 0) is 51.4 Å². The topological polar surface area (TPSA) is 38.5 Å². The molecule has 1 aromatic rings. The number of likely N-dealkylation sites (tertiary alicyclic amines) is 1. The first kappa shape index (κ1) is 14.3. The SMILES string of the molecule is Cc1cc(OC2CCN(C)CC2)c([C@H](C)N)cc1F. The van der Waals surface area contributed by atoms with Crippen LogP contribution < -0.4 is 10.5 Å². The van der Waals surface area contributed by atoms with Crippen LogP contribution >= 0.6 is 0 Å². The third-order valence-corrected chi connectivity index (χ3v) is 3.74. The average Bonchev–Trinajstić information content (AvgIpc) is 2.36. The third-order valence-electron chi connectivity index (χ3n) is 3.74. The molecule has 2 rings (SSSR count). The maximum absolute atomic E-state index is 13.6. The Hall–Kier alpha value is -1.13. The maximum Gasteiger partial charge on any atom is 0.126 e. The van der Waals surface area contributed by atoms with Crippen molar-refractivity contribution in [1.82, 2.24) is 4.90 Å². The summed E-state index contributed by atoms with van der Waals surface area (Å²) in [5.41, 5.74) is 7.26. The Kier molecular flexibility index (Phi) is 4.42. The van der Waals surface area contributed by atoms with Gasteiger partial charge >= 0.3 is 0 Å². The number of hydrogen-bond acceptors (Lipinski definition) is 3. The molecule has 1 aliphatic rings. The maximum atomic E-state index is 13.6. The summed E-state index contributed by atoms with van der Waals surface area (Å²) in [6.07, 6.45) is 2.22. The van der Waals surface area contributed by atoms with Crippen molar-refractivity contribution in [1.29, 1.82) is 0 Å². The summed E-state index contributed by atoms with van der Waals surface area (Å²) in [6, 6.07) is 3.05. The Morgan fingerprint density at radius 1 is 1.37 bits per heavy atom. The molecule has 1 fully saturated rings. The molecular weight excluding hydrogens is 243 g/mol. The lowest BCUT2D eigenvalue weighted by molar-refractivity contribution is 0.113. The van der Waals surface area contributed by atoms with Gasteiger partial charge in [0.1, 0.15) is 17.7 Å². The van der Waals surface area contributed by atoms with Crippen LogP contribution in [0, 0.1) is 12.7 Å². The van der Waals surface area contributed by atoms with Crippen molar-refractivity contribution in [3.05, 3.63) is 29.1 Å².